The number of carbonyl (C=O) groups is 1. The van der Waals surface area contributed by atoms with Crippen molar-refractivity contribution in [1.82, 2.24) is 5.32 Å². The van der Waals surface area contributed by atoms with Crippen molar-refractivity contribution in [3.05, 3.63) is 11.6 Å². The summed E-state index contributed by atoms with van der Waals surface area (Å²) in [7, 11) is 0. The third-order valence-corrected chi connectivity index (χ3v) is 3.22. The highest BCUT2D eigenvalue weighted by Crippen LogP contribution is 2.48. The predicted octanol–water partition coefficient (Wildman–Crippen LogP) is 2.65. The molecule has 0 aromatic rings. The molecule has 0 aromatic carbocycles. The van der Waals surface area contributed by atoms with Crippen LogP contribution in [0.2, 0.25) is 0 Å². The fourth-order valence-electron chi connectivity index (χ4n) is 1.99. The van der Waals surface area contributed by atoms with Gasteiger partial charge in [0.2, 0.25) is 5.91 Å². The summed E-state index contributed by atoms with van der Waals surface area (Å²) in [6.07, 6.45) is 9.36. The summed E-state index contributed by atoms with van der Waals surface area (Å²) in [5, 5.41) is 2.96. The summed E-state index contributed by atoms with van der Waals surface area (Å²) in [6.45, 7) is 2.97. The van der Waals surface area contributed by atoms with E-state index < -0.39 is 0 Å². The molecule has 2 rings (SSSR count). The van der Waals surface area contributed by atoms with E-state index in [9.17, 15) is 4.79 Å². The summed E-state index contributed by atoms with van der Waals surface area (Å²) < 4.78 is 0. The smallest absolute Gasteiger partial charge is 0.243 e. The first-order chi connectivity index (χ1) is 7.31. The summed E-state index contributed by atoms with van der Waals surface area (Å²) >= 11 is 0. The van der Waals surface area contributed by atoms with Crippen LogP contribution in [0, 0.1) is 11.8 Å². The fourth-order valence-corrected chi connectivity index (χ4v) is 1.99. The number of allylic oxidation sites excluding steroid dienone is 1. The third-order valence-electron chi connectivity index (χ3n) is 3.22. The standard InChI is InChI=1S/C13H21NO/c1-2-3-8-14-13(15)9-12(10-4-5-10)11-6-7-11/h9-11H,2-8H2,1H3,(H,14,15). The van der Waals surface area contributed by atoms with Crippen LogP contribution >= 0.6 is 0 Å². The fraction of sp³-hybridized carbons (Fsp3) is 0.769. The summed E-state index contributed by atoms with van der Waals surface area (Å²) in [5.41, 5.74) is 1.45. The number of hydrogen-bond acceptors (Lipinski definition) is 1. The van der Waals surface area contributed by atoms with Gasteiger partial charge >= 0.3 is 0 Å². The molecule has 84 valence electrons. The van der Waals surface area contributed by atoms with Gasteiger partial charge in [0.15, 0.2) is 0 Å². The molecule has 15 heavy (non-hydrogen) atoms. The molecule has 1 amide bonds. The van der Waals surface area contributed by atoms with Crippen molar-refractivity contribution in [2.24, 2.45) is 11.8 Å². The van der Waals surface area contributed by atoms with E-state index in [0.29, 0.717) is 0 Å². The lowest BCUT2D eigenvalue weighted by atomic mass is 10.1. The lowest BCUT2D eigenvalue weighted by Gasteiger charge is -2.04. The van der Waals surface area contributed by atoms with Crippen LogP contribution in [-0.2, 0) is 4.79 Å². The van der Waals surface area contributed by atoms with Crippen molar-refractivity contribution in [3.8, 4) is 0 Å². The number of nitrogens with one attached hydrogen (secondary N) is 1. The van der Waals surface area contributed by atoms with Gasteiger partial charge in [-0.25, -0.2) is 0 Å². The second kappa shape index (κ2) is 4.82. The zero-order valence-corrected chi connectivity index (χ0v) is 9.59. The van der Waals surface area contributed by atoms with E-state index in [1.807, 2.05) is 6.08 Å². The van der Waals surface area contributed by atoms with E-state index in [0.717, 1.165) is 31.2 Å². The second-order valence-corrected chi connectivity index (χ2v) is 4.84. The van der Waals surface area contributed by atoms with E-state index in [-0.39, 0.29) is 5.91 Å². The summed E-state index contributed by atoms with van der Waals surface area (Å²) in [4.78, 5) is 11.6. The van der Waals surface area contributed by atoms with Crippen molar-refractivity contribution >= 4 is 5.91 Å². The Balaban J connectivity index is 1.80. The minimum atomic E-state index is 0.136. The van der Waals surface area contributed by atoms with Gasteiger partial charge in [-0.3, -0.25) is 4.79 Å². The molecule has 2 fully saturated rings. The van der Waals surface area contributed by atoms with Gasteiger partial charge in [-0.1, -0.05) is 18.9 Å². The van der Waals surface area contributed by atoms with Crippen LogP contribution in [0.15, 0.2) is 11.6 Å². The van der Waals surface area contributed by atoms with Crippen LogP contribution in [0.3, 0.4) is 0 Å². The maximum Gasteiger partial charge on any atom is 0.243 e. The van der Waals surface area contributed by atoms with Gasteiger partial charge in [-0.15, -0.1) is 0 Å². The van der Waals surface area contributed by atoms with Crippen molar-refractivity contribution in [2.75, 3.05) is 6.54 Å². The SMILES string of the molecule is CCCCNC(=O)C=C(C1CC1)C1CC1. The summed E-state index contributed by atoms with van der Waals surface area (Å²) in [5.74, 6) is 1.65. The Kier molecular flexibility index (Phi) is 3.45. The van der Waals surface area contributed by atoms with E-state index >= 15 is 0 Å². The van der Waals surface area contributed by atoms with Gasteiger partial charge in [0.1, 0.15) is 0 Å². The van der Waals surface area contributed by atoms with Gasteiger partial charge in [0.25, 0.3) is 0 Å². The van der Waals surface area contributed by atoms with Crippen molar-refractivity contribution in [2.45, 2.75) is 45.4 Å². The number of unbranched alkanes of at least 4 members (excludes halogenated alkanes) is 1. The Morgan fingerprint density at radius 2 is 1.87 bits per heavy atom. The van der Waals surface area contributed by atoms with Crippen LogP contribution in [0.1, 0.15) is 45.4 Å². The molecule has 2 heteroatoms. The monoisotopic (exact) mass is 207 g/mol. The Bertz CT molecular complexity index is 248. The quantitative estimate of drug-likeness (QED) is 0.526. The van der Waals surface area contributed by atoms with E-state index in [4.69, 9.17) is 0 Å². The minimum absolute atomic E-state index is 0.136. The molecule has 2 saturated carbocycles. The topological polar surface area (TPSA) is 29.1 Å². The molecule has 0 bridgehead atoms. The highest BCUT2D eigenvalue weighted by atomic mass is 16.1. The maximum atomic E-state index is 11.6. The highest BCUT2D eigenvalue weighted by Gasteiger charge is 2.36. The Morgan fingerprint density at radius 3 is 2.33 bits per heavy atom. The van der Waals surface area contributed by atoms with Gasteiger partial charge in [-0.2, -0.15) is 0 Å². The first-order valence-corrected chi connectivity index (χ1v) is 6.30. The largest absolute Gasteiger partial charge is 0.353 e. The van der Waals surface area contributed by atoms with Gasteiger partial charge in [0.05, 0.1) is 0 Å². The molecule has 2 aliphatic rings. The Labute approximate surface area is 92.1 Å². The molecule has 0 unspecified atom stereocenters. The number of rotatable bonds is 6. The molecule has 0 saturated heterocycles. The zero-order valence-electron chi connectivity index (χ0n) is 9.59. The second-order valence-electron chi connectivity index (χ2n) is 4.84. The molecule has 2 aliphatic carbocycles. The average Bonchev–Trinajstić information content (AvgIpc) is 3.05. The van der Waals surface area contributed by atoms with Gasteiger partial charge in [-0.05, 0) is 43.9 Å². The average molecular weight is 207 g/mol. The Hall–Kier alpha value is -0.790. The minimum Gasteiger partial charge on any atom is -0.353 e. The first kappa shape index (κ1) is 10.7. The van der Waals surface area contributed by atoms with E-state index in [1.54, 1.807) is 0 Å². The van der Waals surface area contributed by atoms with E-state index in [2.05, 4.69) is 12.2 Å². The van der Waals surface area contributed by atoms with Gasteiger partial charge < -0.3 is 5.32 Å². The molecule has 0 aliphatic heterocycles. The zero-order chi connectivity index (χ0) is 10.7. The molecule has 0 atom stereocenters. The molecular weight excluding hydrogens is 186 g/mol. The lowest BCUT2D eigenvalue weighted by Crippen LogP contribution is -2.22. The van der Waals surface area contributed by atoms with Crippen molar-refractivity contribution in [3.63, 3.8) is 0 Å². The van der Waals surface area contributed by atoms with Crippen LogP contribution in [0.5, 0.6) is 0 Å². The molecule has 0 aromatic heterocycles. The normalized spacial score (nSPS) is 19.8. The molecule has 1 N–H and O–H groups in total. The third kappa shape index (κ3) is 3.37. The van der Waals surface area contributed by atoms with Crippen molar-refractivity contribution < 1.29 is 4.79 Å². The maximum absolute atomic E-state index is 11.6. The highest BCUT2D eigenvalue weighted by molar-refractivity contribution is 5.88. The van der Waals surface area contributed by atoms with Crippen LogP contribution < -0.4 is 5.32 Å². The van der Waals surface area contributed by atoms with Crippen LogP contribution in [0.4, 0.5) is 0 Å². The van der Waals surface area contributed by atoms with Gasteiger partial charge in [0, 0.05) is 12.6 Å². The van der Waals surface area contributed by atoms with Crippen molar-refractivity contribution in [1.29, 1.82) is 0 Å². The molecule has 0 spiro atoms. The van der Waals surface area contributed by atoms with Crippen LogP contribution in [-0.4, -0.2) is 12.5 Å². The molecular formula is C13H21NO. The molecule has 0 radical (unpaired) electrons. The Morgan fingerprint density at radius 1 is 1.27 bits per heavy atom. The molecule has 0 heterocycles. The summed E-state index contributed by atoms with van der Waals surface area (Å²) in [6, 6.07) is 0. The number of hydrogen-bond donors (Lipinski definition) is 1. The van der Waals surface area contributed by atoms with E-state index in [1.165, 1.54) is 31.3 Å². The predicted molar refractivity (Wildman–Crippen MR) is 61.4 cm³/mol. The molecule has 2 nitrogen and oxygen atoms in total. The number of amides is 1. The van der Waals surface area contributed by atoms with Crippen LogP contribution in [0.25, 0.3) is 0 Å². The number of carbonyl (C=O) groups excluding carboxylic acids is 1. The lowest BCUT2D eigenvalue weighted by molar-refractivity contribution is -0.116. The first-order valence-electron chi connectivity index (χ1n) is 6.30.